The number of carbonyl (C=O) groups excluding carboxylic acids is 2. The summed E-state index contributed by atoms with van der Waals surface area (Å²) in [6.45, 7) is 6.40. The fourth-order valence-electron chi connectivity index (χ4n) is 5.53. The second-order valence-electron chi connectivity index (χ2n) is 10.2. The summed E-state index contributed by atoms with van der Waals surface area (Å²) in [5.74, 6) is -2.60. The van der Waals surface area contributed by atoms with Crippen LogP contribution in [0.1, 0.15) is 51.6 Å². The van der Waals surface area contributed by atoms with Crippen molar-refractivity contribution in [1.82, 2.24) is 25.1 Å². The van der Waals surface area contributed by atoms with Crippen molar-refractivity contribution >= 4 is 35.5 Å². The van der Waals surface area contributed by atoms with Crippen LogP contribution in [-0.4, -0.2) is 110 Å². The Bertz CT molecular complexity index is 1010. The van der Waals surface area contributed by atoms with E-state index >= 15 is 0 Å². The van der Waals surface area contributed by atoms with Gasteiger partial charge in [0.05, 0.1) is 18.8 Å². The van der Waals surface area contributed by atoms with E-state index in [9.17, 15) is 32.7 Å². The molecule has 2 amide bonds. The Morgan fingerprint density at radius 1 is 1.15 bits per heavy atom. The third-order valence-electron chi connectivity index (χ3n) is 7.74. The van der Waals surface area contributed by atoms with Gasteiger partial charge >= 0.3 is 18.1 Å². The van der Waals surface area contributed by atoms with E-state index in [4.69, 9.17) is 9.90 Å². The van der Waals surface area contributed by atoms with Gasteiger partial charge in [-0.05, 0) is 49.7 Å². The summed E-state index contributed by atoms with van der Waals surface area (Å²) in [4.78, 5) is 58.3. The lowest BCUT2D eigenvalue weighted by atomic mass is 9.94. The summed E-state index contributed by atoms with van der Waals surface area (Å²) < 4.78 is 31.7. The average Bonchev–Trinajstić information content (AvgIpc) is 3.66. The highest BCUT2D eigenvalue weighted by Gasteiger charge is 2.44. The molecule has 41 heavy (non-hydrogen) atoms. The summed E-state index contributed by atoms with van der Waals surface area (Å²) in [5, 5.41) is 19.5. The van der Waals surface area contributed by atoms with Crippen molar-refractivity contribution in [2.24, 2.45) is 11.8 Å². The van der Waals surface area contributed by atoms with Crippen LogP contribution in [0.25, 0.3) is 0 Å². The number of carboxylic acids is 2. The summed E-state index contributed by atoms with van der Waals surface area (Å²) in [5.41, 5.74) is 0.804. The van der Waals surface area contributed by atoms with Gasteiger partial charge in [-0.3, -0.25) is 14.5 Å². The molecule has 0 bridgehead atoms. The van der Waals surface area contributed by atoms with Crippen molar-refractivity contribution in [2.75, 3.05) is 31.6 Å². The number of nitrogens with one attached hydrogen (secondary N) is 2. The molecule has 1 aromatic rings. The number of aliphatic carboxylic acids is 2. The van der Waals surface area contributed by atoms with Crippen LogP contribution in [0.4, 0.5) is 13.2 Å². The zero-order valence-electron chi connectivity index (χ0n) is 23.5. The molecule has 3 heterocycles. The minimum atomic E-state index is -5.08. The number of hydrogen-bond acceptors (Lipinski definition) is 7. The van der Waals surface area contributed by atoms with Crippen LogP contribution in [0.2, 0.25) is 0 Å². The molecule has 0 unspecified atom stereocenters. The van der Waals surface area contributed by atoms with Gasteiger partial charge in [0, 0.05) is 31.0 Å². The van der Waals surface area contributed by atoms with Crippen molar-refractivity contribution in [1.29, 1.82) is 0 Å². The number of likely N-dealkylation sites (tertiary alicyclic amines) is 2. The van der Waals surface area contributed by atoms with Crippen LogP contribution in [0.3, 0.4) is 0 Å². The second kappa shape index (κ2) is 16.0. The lowest BCUT2D eigenvalue weighted by molar-refractivity contribution is -0.192. The minimum absolute atomic E-state index is 0.0538. The number of alkyl halides is 3. The molecule has 0 aromatic carbocycles. The maximum Gasteiger partial charge on any atom is 0.490 e. The number of H-pyrrole nitrogens is 1. The molecular formula is C26H40F3N5O6S. The Hall–Kier alpha value is -2.81. The Labute approximate surface area is 241 Å². The predicted molar refractivity (Wildman–Crippen MR) is 146 cm³/mol. The molecule has 2 saturated heterocycles. The summed E-state index contributed by atoms with van der Waals surface area (Å²) in [6, 6.07) is -1.18. The molecule has 2 aliphatic heterocycles. The normalized spacial score (nSPS) is 23.5. The zero-order valence-corrected chi connectivity index (χ0v) is 24.3. The van der Waals surface area contributed by atoms with Crippen molar-refractivity contribution in [3.63, 3.8) is 0 Å². The molecule has 0 radical (unpaired) electrons. The molecule has 15 heteroatoms. The van der Waals surface area contributed by atoms with Crippen LogP contribution in [0.5, 0.6) is 0 Å². The molecule has 2 aliphatic rings. The van der Waals surface area contributed by atoms with E-state index in [1.807, 2.05) is 11.2 Å². The van der Waals surface area contributed by atoms with Gasteiger partial charge in [0.25, 0.3) is 0 Å². The Balaban J connectivity index is 0.000000745. The van der Waals surface area contributed by atoms with E-state index in [-0.39, 0.29) is 29.8 Å². The van der Waals surface area contributed by atoms with Crippen LogP contribution in [-0.2, 0) is 25.6 Å². The SMILES string of the molecule is CC[C@H]1CCN(C[C@@H]2[C@@H](CC)CCN2C(=O)Cc2cnc[nH]2)[C@@H]1C(=O)N[C@@H](CCSC)C(=O)O.O=C(O)C(F)(F)F. The van der Waals surface area contributed by atoms with E-state index in [1.54, 1.807) is 24.3 Å². The highest BCUT2D eigenvalue weighted by Crippen LogP contribution is 2.33. The first kappa shape index (κ1) is 34.4. The summed E-state index contributed by atoms with van der Waals surface area (Å²) in [7, 11) is 0. The minimum Gasteiger partial charge on any atom is -0.480 e. The fraction of sp³-hybridized carbons (Fsp3) is 0.731. The summed E-state index contributed by atoms with van der Waals surface area (Å²) in [6.07, 6.45) is 4.53. The maximum absolute atomic E-state index is 13.3. The van der Waals surface area contributed by atoms with Gasteiger partial charge in [0.15, 0.2) is 0 Å². The van der Waals surface area contributed by atoms with Gasteiger partial charge in [-0.15, -0.1) is 0 Å². The molecule has 4 N–H and O–H groups in total. The third-order valence-corrected chi connectivity index (χ3v) is 8.38. The molecule has 0 spiro atoms. The van der Waals surface area contributed by atoms with Crippen molar-refractivity contribution in [2.45, 2.75) is 76.7 Å². The third kappa shape index (κ3) is 9.90. The van der Waals surface area contributed by atoms with Crippen LogP contribution >= 0.6 is 11.8 Å². The van der Waals surface area contributed by atoms with Crippen molar-refractivity contribution < 1.29 is 42.6 Å². The van der Waals surface area contributed by atoms with E-state index in [2.05, 4.69) is 34.0 Å². The Morgan fingerprint density at radius 3 is 2.29 bits per heavy atom. The molecule has 0 saturated carbocycles. The van der Waals surface area contributed by atoms with Crippen LogP contribution < -0.4 is 5.32 Å². The van der Waals surface area contributed by atoms with Crippen molar-refractivity contribution in [3.8, 4) is 0 Å². The molecule has 2 fully saturated rings. The Kier molecular flexibility index (Phi) is 13.4. The highest BCUT2D eigenvalue weighted by atomic mass is 32.2. The maximum atomic E-state index is 13.3. The fourth-order valence-corrected chi connectivity index (χ4v) is 6.00. The quantitative estimate of drug-likeness (QED) is 0.281. The number of aromatic nitrogens is 2. The average molecular weight is 608 g/mol. The number of halogens is 3. The highest BCUT2D eigenvalue weighted by molar-refractivity contribution is 7.98. The van der Waals surface area contributed by atoms with Crippen LogP contribution in [0, 0.1) is 11.8 Å². The largest absolute Gasteiger partial charge is 0.490 e. The molecule has 0 aliphatic carbocycles. The van der Waals surface area contributed by atoms with E-state index in [1.165, 1.54) is 0 Å². The van der Waals surface area contributed by atoms with Gasteiger partial charge in [-0.2, -0.15) is 24.9 Å². The number of rotatable bonds is 12. The number of nitrogens with zero attached hydrogens (tertiary/aromatic N) is 3. The number of carbonyl (C=O) groups is 4. The van der Waals surface area contributed by atoms with Gasteiger partial charge in [-0.25, -0.2) is 14.6 Å². The van der Waals surface area contributed by atoms with E-state index in [0.717, 1.165) is 44.5 Å². The number of hydrogen-bond donors (Lipinski definition) is 4. The number of aromatic amines is 1. The lowest BCUT2D eigenvalue weighted by Gasteiger charge is -2.35. The predicted octanol–water partition coefficient (Wildman–Crippen LogP) is 2.64. The standard InChI is InChI=1S/C24H39N5O4S.C2HF3O2/c1-4-16-7-10-29(21(30)12-18-13-25-15-26-18)20(16)14-28-9-6-17(5-2)22(28)23(31)27-19(24(32)33)8-11-34-3;3-2(4,5)1(6)7/h13,15-17,19-20,22H,4-12,14H2,1-3H3,(H,25,26)(H,27,31)(H,32,33);(H,6,7)/t16-,17-,19-,20+,22-;/m0./s1. The molecule has 5 atom stereocenters. The first-order valence-electron chi connectivity index (χ1n) is 13.7. The topological polar surface area (TPSA) is 156 Å². The number of amides is 2. The van der Waals surface area contributed by atoms with Gasteiger partial charge in [-0.1, -0.05) is 26.7 Å². The van der Waals surface area contributed by atoms with Crippen LogP contribution in [0.15, 0.2) is 12.5 Å². The van der Waals surface area contributed by atoms with Crippen molar-refractivity contribution in [3.05, 3.63) is 18.2 Å². The first-order valence-corrected chi connectivity index (χ1v) is 15.1. The number of carboxylic acid groups (broad SMARTS) is 2. The van der Waals surface area contributed by atoms with E-state index < -0.39 is 24.2 Å². The molecular weight excluding hydrogens is 567 g/mol. The van der Waals surface area contributed by atoms with Gasteiger partial charge < -0.3 is 25.4 Å². The second-order valence-corrected chi connectivity index (χ2v) is 11.2. The molecule has 11 nitrogen and oxygen atoms in total. The number of thioether (sulfide) groups is 1. The monoisotopic (exact) mass is 607 g/mol. The lowest BCUT2D eigenvalue weighted by Crippen LogP contribution is -2.54. The molecule has 3 rings (SSSR count). The molecule has 232 valence electrons. The summed E-state index contributed by atoms with van der Waals surface area (Å²) >= 11 is 1.57. The Morgan fingerprint density at radius 2 is 1.78 bits per heavy atom. The van der Waals surface area contributed by atoms with Gasteiger partial charge in [0.2, 0.25) is 11.8 Å². The smallest absolute Gasteiger partial charge is 0.480 e. The van der Waals surface area contributed by atoms with E-state index in [0.29, 0.717) is 31.1 Å². The zero-order chi connectivity index (χ0) is 30.7. The first-order chi connectivity index (χ1) is 19.3. The number of imidazole rings is 1. The molecule has 1 aromatic heterocycles. The van der Waals surface area contributed by atoms with Gasteiger partial charge in [0.1, 0.15) is 6.04 Å².